The number of nitrogens with zero attached hydrogens (tertiary/aromatic N) is 1. The summed E-state index contributed by atoms with van der Waals surface area (Å²) in [6, 6.07) is 8.31. The van der Waals surface area contributed by atoms with Crippen LogP contribution in [-0.2, 0) is 4.79 Å². The van der Waals surface area contributed by atoms with Crippen LogP contribution in [0.15, 0.2) is 42.1 Å². The summed E-state index contributed by atoms with van der Waals surface area (Å²) in [7, 11) is 0. The molecule has 1 atom stereocenters. The first-order valence-electron chi connectivity index (χ1n) is 9.38. The van der Waals surface area contributed by atoms with Crippen LogP contribution in [0.4, 0.5) is 0 Å². The van der Waals surface area contributed by atoms with Crippen molar-refractivity contribution in [3.8, 4) is 11.8 Å². The van der Waals surface area contributed by atoms with Gasteiger partial charge in [0.2, 0.25) is 0 Å². The van der Waals surface area contributed by atoms with Gasteiger partial charge in [0.1, 0.15) is 11.5 Å². The quantitative estimate of drug-likeness (QED) is 0.865. The largest absolute Gasteiger partial charge is 0.490 e. The minimum atomic E-state index is 0.0422. The highest BCUT2D eigenvalue weighted by molar-refractivity contribution is 5.80. The maximum absolute atomic E-state index is 11.4. The van der Waals surface area contributed by atoms with Crippen molar-refractivity contribution in [3.05, 3.63) is 53.3 Å². The van der Waals surface area contributed by atoms with Crippen LogP contribution in [0.2, 0.25) is 0 Å². The van der Waals surface area contributed by atoms with Gasteiger partial charge in [0.25, 0.3) is 0 Å². The van der Waals surface area contributed by atoms with Crippen molar-refractivity contribution in [2.45, 2.75) is 58.1 Å². The molecule has 136 valence electrons. The van der Waals surface area contributed by atoms with Crippen LogP contribution in [0.5, 0.6) is 5.75 Å². The molecule has 1 aromatic carbocycles. The van der Waals surface area contributed by atoms with E-state index in [4.69, 9.17) is 10.00 Å². The van der Waals surface area contributed by atoms with Crippen molar-refractivity contribution in [1.82, 2.24) is 5.32 Å². The molecular weight excluding hydrogens is 324 g/mol. The fourth-order valence-electron chi connectivity index (χ4n) is 3.62. The maximum atomic E-state index is 11.4. The predicted octanol–water partition coefficient (Wildman–Crippen LogP) is 4.20. The Morgan fingerprint density at radius 2 is 2.04 bits per heavy atom. The Labute approximate surface area is 155 Å². The molecule has 26 heavy (non-hydrogen) atoms. The maximum Gasteiger partial charge on any atom is 0.136 e. The number of carbonyl (C=O) groups excluding carboxylic acids is 1. The van der Waals surface area contributed by atoms with Crippen LogP contribution in [0.3, 0.4) is 0 Å². The first kappa shape index (κ1) is 18.3. The number of aryl methyl sites for hydroxylation is 1. The van der Waals surface area contributed by atoms with Crippen molar-refractivity contribution in [2.75, 3.05) is 0 Å². The lowest BCUT2D eigenvalue weighted by Gasteiger charge is -2.31. The molecule has 2 aliphatic carbocycles. The summed E-state index contributed by atoms with van der Waals surface area (Å²) in [5.41, 5.74) is 2.79. The number of carbonyl (C=O) groups is 1. The van der Waals surface area contributed by atoms with Gasteiger partial charge in [-0.15, -0.1) is 0 Å². The van der Waals surface area contributed by atoms with Crippen molar-refractivity contribution in [2.24, 2.45) is 5.92 Å². The van der Waals surface area contributed by atoms with Crippen LogP contribution in [-0.4, -0.2) is 17.9 Å². The molecule has 1 saturated carbocycles. The van der Waals surface area contributed by atoms with Crippen LogP contribution in [0.25, 0.3) is 0 Å². The van der Waals surface area contributed by atoms with Crippen LogP contribution in [0.1, 0.15) is 50.2 Å². The third kappa shape index (κ3) is 4.54. The Morgan fingerprint density at radius 1 is 1.27 bits per heavy atom. The van der Waals surface area contributed by atoms with Crippen LogP contribution >= 0.6 is 0 Å². The number of hydrogen-bond donors (Lipinski definition) is 1. The third-order valence-corrected chi connectivity index (χ3v) is 5.29. The Morgan fingerprint density at radius 3 is 2.62 bits per heavy atom. The molecule has 0 heterocycles. The number of benzene rings is 1. The zero-order valence-electron chi connectivity index (χ0n) is 15.5. The highest BCUT2D eigenvalue weighted by Gasteiger charge is 2.23. The lowest BCUT2D eigenvalue weighted by Crippen LogP contribution is -2.36. The highest BCUT2D eigenvalue weighted by Crippen LogP contribution is 2.26. The van der Waals surface area contributed by atoms with Gasteiger partial charge in [0.05, 0.1) is 17.7 Å². The molecule has 0 amide bonds. The zero-order valence-corrected chi connectivity index (χ0v) is 15.5. The molecule has 0 saturated heterocycles. The van der Waals surface area contributed by atoms with Crippen molar-refractivity contribution >= 4 is 5.78 Å². The second kappa shape index (κ2) is 8.23. The van der Waals surface area contributed by atoms with E-state index in [0.717, 1.165) is 49.1 Å². The molecule has 0 aromatic heterocycles. The molecule has 1 fully saturated rings. The van der Waals surface area contributed by atoms with Crippen LogP contribution in [0, 0.1) is 24.2 Å². The number of ketones is 1. The standard InChI is InChI=1S/C22H26N2O2/c1-15-13-22(10-5-18(15)14-23)26-21-11-8-20(9-12-21)24-19-6-3-17(4-7-19)16(2)25/h3,5-7,10,13,17,20-21,24H,4,8-9,11-12H2,1-2H3/t17?,20-,21-. The molecule has 1 N–H and O–H groups in total. The molecule has 2 aliphatic rings. The van der Waals surface area contributed by atoms with Gasteiger partial charge in [-0.1, -0.05) is 12.2 Å². The molecule has 1 unspecified atom stereocenters. The summed E-state index contributed by atoms with van der Waals surface area (Å²) < 4.78 is 6.11. The SMILES string of the molecule is CC(=O)C1C=CC(N[C@H]2CC[C@H](Oc3ccc(C#N)c(C)c3)CC2)=CC1. The first-order valence-corrected chi connectivity index (χ1v) is 9.38. The molecule has 4 heteroatoms. The normalized spacial score (nSPS) is 25.1. The lowest BCUT2D eigenvalue weighted by atomic mass is 9.91. The Hall–Kier alpha value is -2.54. The second-order valence-electron chi connectivity index (χ2n) is 7.30. The van der Waals surface area contributed by atoms with Crippen molar-refractivity contribution < 1.29 is 9.53 Å². The molecule has 0 aliphatic heterocycles. The number of ether oxygens (including phenoxy) is 1. The van der Waals surface area contributed by atoms with Gasteiger partial charge in [-0.25, -0.2) is 0 Å². The van der Waals surface area contributed by atoms with Crippen molar-refractivity contribution in [3.63, 3.8) is 0 Å². The van der Waals surface area contributed by atoms with E-state index in [0.29, 0.717) is 11.6 Å². The minimum Gasteiger partial charge on any atom is -0.490 e. The number of rotatable bonds is 5. The number of Topliss-reactive ketones (excluding diaryl/α,β-unsaturated/α-hetero) is 1. The summed E-state index contributed by atoms with van der Waals surface area (Å²) in [6.07, 6.45) is 11.4. The monoisotopic (exact) mass is 350 g/mol. The van der Waals surface area contributed by atoms with Gasteiger partial charge in [0, 0.05) is 17.7 Å². The molecular formula is C22H26N2O2. The summed E-state index contributed by atoms with van der Waals surface area (Å²) in [5, 5.41) is 12.6. The molecule has 0 bridgehead atoms. The van der Waals surface area contributed by atoms with E-state index in [1.54, 1.807) is 6.92 Å². The zero-order chi connectivity index (χ0) is 18.5. The first-order chi connectivity index (χ1) is 12.5. The fourth-order valence-corrected chi connectivity index (χ4v) is 3.62. The molecule has 4 nitrogen and oxygen atoms in total. The lowest BCUT2D eigenvalue weighted by molar-refractivity contribution is -0.119. The molecule has 1 aromatic rings. The average molecular weight is 350 g/mol. The third-order valence-electron chi connectivity index (χ3n) is 5.29. The summed E-state index contributed by atoms with van der Waals surface area (Å²) >= 11 is 0. The summed E-state index contributed by atoms with van der Waals surface area (Å²) in [6.45, 7) is 3.59. The Kier molecular flexibility index (Phi) is 5.78. The van der Waals surface area contributed by atoms with Gasteiger partial charge in [-0.2, -0.15) is 5.26 Å². The highest BCUT2D eigenvalue weighted by atomic mass is 16.5. The number of nitrogens with one attached hydrogen (secondary N) is 1. The van der Waals surface area contributed by atoms with Gasteiger partial charge in [0.15, 0.2) is 0 Å². The average Bonchev–Trinajstić information content (AvgIpc) is 2.64. The fraction of sp³-hybridized carbons (Fsp3) is 0.455. The summed E-state index contributed by atoms with van der Waals surface area (Å²) in [5.74, 6) is 1.12. The van der Waals surface area contributed by atoms with E-state index in [2.05, 4.69) is 17.5 Å². The smallest absolute Gasteiger partial charge is 0.136 e. The van der Waals surface area contributed by atoms with E-state index < -0.39 is 0 Å². The van der Waals surface area contributed by atoms with E-state index in [1.165, 1.54) is 0 Å². The second-order valence-corrected chi connectivity index (χ2v) is 7.30. The van der Waals surface area contributed by atoms with Gasteiger partial charge in [-0.05, 0) is 75.8 Å². The molecule has 0 spiro atoms. The Balaban J connectivity index is 1.46. The van der Waals surface area contributed by atoms with E-state index in [9.17, 15) is 4.79 Å². The molecule has 0 radical (unpaired) electrons. The van der Waals surface area contributed by atoms with Gasteiger partial charge >= 0.3 is 0 Å². The number of hydrogen-bond acceptors (Lipinski definition) is 4. The van der Waals surface area contributed by atoms with E-state index >= 15 is 0 Å². The molecule has 3 rings (SSSR count). The van der Waals surface area contributed by atoms with Crippen molar-refractivity contribution in [1.29, 1.82) is 5.26 Å². The Bertz CT molecular complexity index is 765. The van der Waals surface area contributed by atoms with Crippen LogP contribution < -0.4 is 10.1 Å². The van der Waals surface area contributed by atoms with Gasteiger partial charge < -0.3 is 10.1 Å². The number of allylic oxidation sites excluding steroid dienone is 3. The van der Waals surface area contributed by atoms with E-state index in [1.807, 2.05) is 37.3 Å². The van der Waals surface area contributed by atoms with E-state index in [-0.39, 0.29) is 17.8 Å². The predicted molar refractivity (Wildman–Crippen MR) is 102 cm³/mol. The minimum absolute atomic E-state index is 0.0422. The number of nitriles is 1. The topological polar surface area (TPSA) is 62.1 Å². The summed E-state index contributed by atoms with van der Waals surface area (Å²) in [4.78, 5) is 11.4. The van der Waals surface area contributed by atoms with Gasteiger partial charge in [-0.3, -0.25) is 4.79 Å².